The fourth-order valence-electron chi connectivity index (χ4n) is 3.96. The normalized spacial score (nSPS) is 11.9. The summed E-state index contributed by atoms with van der Waals surface area (Å²) in [5.74, 6) is 0.953. The topological polar surface area (TPSA) is 125 Å². The lowest BCUT2D eigenvalue weighted by Gasteiger charge is -2.14. The number of pyridine rings is 1. The maximum atomic E-state index is 12.0. The smallest absolute Gasteiger partial charge is 0.412 e. The number of anilines is 2. The first kappa shape index (κ1) is 43.9. The molecule has 1 aromatic carbocycles. The van der Waals surface area contributed by atoms with Crippen LogP contribution in [0.25, 0.3) is 11.4 Å². The molecule has 0 saturated carbocycles. The highest BCUT2D eigenvalue weighted by Crippen LogP contribution is 2.29. The number of aryl methyl sites for hydroxylation is 2. The van der Waals surface area contributed by atoms with Gasteiger partial charge >= 0.3 is 12.2 Å². The average Bonchev–Trinajstić information content (AvgIpc) is 3.61. The Morgan fingerprint density at radius 3 is 1.51 bits per heavy atom. The SMILES string of the molecule is C.Cc1ccc(-n2nc(C(C)(C)C)cc2NC(=O)OCC(C)(Cl)Cl)cn1.Cc1ccc(-n2nc(C(C)(C)C)cc2NC(=O)OCC(Cl)(Cl)Cl)cc1. The summed E-state index contributed by atoms with van der Waals surface area (Å²) < 4.78 is 10.4. The van der Waals surface area contributed by atoms with Gasteiger partial charge in [-0.3, -0.25) is 15.6 Å². The quantitative estimate of drug-likeness (QED) is 0.178. The third-order valence-corrected chi connectivity index (χ3v) is 7.20. The molecule has 0 unspecified atom stereocenters. The van der Waals surface area contributed by atoms with Gasteiger partial charge in [0, 0.05) is 28.7 Å². The second-order valence-electron chi connectivity index (χ2n) is 13.7. The van der Waals surface area contributed by atoms with E-state index in [1.807, 2.05) is 97.9 Å². The van der Waals surface area contributed by atoms with E-state index in [4.69, 9.17) is 67.5 Å². The number of halogens is 5. The van der Waals surface area contributed by atoms with E-state index in [1.54, 1.807) is 28.6 Å². The van der Waals surface area contributed by atoms with E-state index in [1.165, 1.54) is 0 Å². The van der Waals surface area contributed by atoms with E-state index < -0.39 is 20.3 Å². The number of rotatable bonds is 7. The number of aromatic nitrogens is 5. The maximum Gasteiger partial charge on any atom is 0.412 e. The minimum absolute atomic E-state index is 0. The highest BCUT2D eigenvalue weighted by molar-refractivity contribution is 6.67. The van der Waals surface area contributed by atoms with E-state index in [0.29, 0.717) is 11.6 Å². The maximum absolute atomic E-state index is 12.0. The molecule has 0 aliphatic carbocycles. The lowest BCUT2D eigenvalue weighted by Crippen LogP contribution is -2.23. The predicted octanol–water partition coefficient (Wildman–Crippen LogP) is 10.6. The Morgan fingerprint density at radius 1 is 0.686 bits per heavy atom. The van der Waals surface area contributed by atoms with Crippen molar-refractivity contribution in [1.29, 1.82) is 0 Å². The first-order valence-corrected chi connectivity index (χ1v) is 17.3. The molecule has 4 aromatic rings. The molecule has 0 bridgehead atoms. The molecule has 0 fully saturated rings. The average molecular weight is 806 g/mol. The van der Waals surface area contributed by atoms with Gasteiger partial charge in [0.2, 0.25) is 3.79 Å². The van der Waals surface area contributed by atoms with Crippen molar-refractivity contribution in [3.8, 4) is 11.4 Å². The summed E-state index contributed by atoms with van der Waals surface area (Å²) in [6.45, 7) is 17.2. The molecule has 3 aromatic heterocycles. The van der Waals surface area contributed by atoms with E-state index >= 15 is 0 Å². The Labute approximate surface area is 325 Å². The molecule has 0 spiro atoms. The van der Waals surface area contributed by atoms with Crippen LogP contribution >= 0.6 is 58.0 Å². The zero-order valence-corrected chi connectivity index (χ0v) is 33.1. The van der Waals surface area contributed by atoms with Crippen molar-refractivity contribution < 1.29 is 19.1 Å². The van der Waals surface area contributed by atoms with Crippen LogP contribution in [-0.2, 0) is 20.3 Å². The summed E-state index contributed by atoms with van der Waals surface area (Å²) in [5, 5.41) is 14.5. The molecule has 3 heterocycles. The molecule has 0 radical (unpaired) electrons. The highest BCUT2D eigenvalue weighted by atomic mass is 35.6. The molecule has 11 nitrogen and oxygen atoms in total. The van der Waals surface area contributed by atoms with E-state index in [2.05, 4.69) is 25.8 Å². The van der Waals surface area contributed by atoms with Gasteiger partial charge < -0.3 is 9.47 Å². The summed E-state index contributed by atoms with van der Waals surface area (Å²) in [7, 11) is 0. The number of hydrogen-bond acceptors (Lipinski definition) is 7. The largest absolute Gasteiger partial charge is 0.446 e. The molecule has 0 atom stereocenters. The Hall–Kier alpha value is -3.22. The van der Waals surface area contributed by atoms with Gasteiger partial charge in [-0.1, -0.05) is 125 Å². The van der Waals surface area contributed by atoms with Crippen LogP contribution in [-0.4, -0.2) is 58.1 Å². The zero-order chi connectivity index (χ0) is 37.7. The van der Waals surface area contributed by atoms with Crippen LogP contribution < -0.4 is 10.6 Å². The molecule has 2 amide bonds. The van der Waals surface area contributed by atoms with Gasteiger partial charge in [0.15, 0.2) is 0 Å². The van der Waals surface area contributed by atoms with Crippen molar-refractivity contribution in [2.75, 3.05) is 23.8 Å². The van der Waals surface area contributed by atoms with Gasteiger partial charge in [0.05, 0.1) is 29.0 Å². The van der Waals surface area contributed by atoms with E-state index in [-0.39, 0.29) is 31.5 Å². The molecule has 0 aliphatic rings. The number of nitrogens with zero attached hydrogens (tertiary/aromatic N) is 5. The van der Waals surface area contributed by atoms with Crippen LogP contribution in [0.5, 0.6) is 0 Å². The fraction of sp³-hybridized carbons (Fsp3) is 0.457. The van der Waals surface area contributed by atoms with Gasteiger partial charge in [-0.05, 0) is 45.0 Å². The second kappa shape index (κ2) is 17.5. The van der Waals surface area contributed by atoms with Gasteiger partial charge in [-0.2, -0.15) is 10.2 Å². The van der Waals surface area contributed by atoms with E-state index in [9.17, 15) is 9.59 Å². The third-order valence-electron chi connectivity index (χ3n) is 6.66. The van der Waals surface area contributed by atoms with Crippen LogP contribution in [0.1, 0.15) is 78.5 Å². The fourth-order valence-corrected chi connectivity index (χ4v) is 4.23. The van der Waals surface area contributed by atoms with Crippen LogP contribution in [0.4, 0.5) is 21.2 Å². The van der Waals surface area contributed by atoms with Crippen molar-refractivity contribution in [1.82, 2.24) is 24.5 Å². The van der Waals surface area contributed by atoms with Crippen LogP contribution in [0.15, 0.2) is 54.7 Å². The zero-order valence-electron chi connectivity index (χ0n) is 29.4. The van der Waals surface area contributed by atoms with Crippen LogP contribution in [0, 0.1) is 13.8 Å². The van der Waals surface area contributed by atoms with Crippen molar-refractivity contribution >= 4 is 81.8 Å². The van der Waals surface area contributed by atoms with Crippen LogP contribution in [0.2, 0.25) is 0 Å². The first-order chi connectivity index (χ1) is 22.9. The van der Waals surface area contributed by atoms with Gasteiger partial charge in [0.1, 0.15) is 29.2 Å². The Bertz CT molecular complexity index is 1620. The first-order valence-electron chi connectivity index (χ1n) is 15.4. The number of amides is 2. The van der Waals surface area contributed by atoms with Crippen molar-refractivity contribution in [3.05, 3.63) is 77.4 Å². The number of alkyl halides is 5. The van der Waals surface area contributed by atoms with Gasteiger partial charge in [-0.25, -0.2) is 19.0 Å². The number of hydrogen-bond donors (Lipinski definition) is 2. The van der Waals surface area contributed by atoms with Crippen LogP contribution in [0.3, 0.4) is 0 Å². The monoisotopic (exact) mass is 803 g/mol. The Balaban J connectivity index is 0.000000347. The molecule has 51 heavy (non-hydrogen) atoms. The minimum atomic E-state index is -1.66. The minimum Gasteiger partial charge on any atom is -0.446 e. The van der Waals surface area contributed by atoms with E-state index in [0.717, 1.165) is 34.0 Å². The molecule has 280 valence electrons. The summed E-state index contributed by atoms with van der Waals surface area (Å²) >= 11 is 28.4. The van der Waals surface area contributed by atoms with Gasteiger partial charge in [0.25, 0.3) is 0 Å². The number of benzene rings is 1. The Morgan fingerprint density at radius 2 is 1.12 bits per heavy atom. The molecular formula is C35H46Cl5N7O4. The lowest BCUT2D eigenvalue weighted by molar-refractivity contribution is 0.159. The summed E-state index contributed by atoms with van der Waals surface area (Å²) in [5.41, 5.74) is 4.84. The van der Waals surface area contributed by atoms with Gasteiger partial charge in [-0.15, -0.1) is 0 Å². The molecule has 0 aliphatic heterocycles. The molecule has 0 saturated heterocycles. The molecule has 16 heteroatoms. The second-order valence-corrected chi connectivity index (χ2v) is 18.1. The summed E-state index contributed by atoms with van der Waals surface area (Å²) in [4.78, 5) is 28.3. The highest BCUT2D eigenvalue weighted by Gasteiger charge is 2.26. The van der Waals surface area contributed by atoms with Crippen molar-refractivity contribution in [2.45, 2.75) is 88.7 Å². The number of nitrogens with one attached hydrogen (secondary N) is 2. The standard InChI is InChI=1S/C17H20Cl3N3O2.C17H22Cl2N4O2.CH4/c1-11-5-7-12(8-6-11)23-14(9-13(22-23)16(2,3)4)21-15(24)25-10-17(18,19)20;1-11-6-7-12(9-20-11)23-14(8-13(22-23)16(2,3)4)21-15(24)25-10-17(5,18)19;/h5-9H,10H2,1-4H3,(H,21,24);6-9H,10H2,1-5H3,(H,21,24);1H4. The van der Waals surface area contributed by atoms with Crippen molar-refractivity contribution in [3.63, 3.8) is 0 Å². The predicted molar refractivity (Wildman–Crippen MR) is 209 cm³/mol. The molecule has 4 rings (SSSR count). The Kier molecular flexibility index (Phi) is 15.1. The summed E-state index contributed by atoms with van der Waals surface area (Å²) in [6.07, 6.45) is 0.314. The number of carbonyl (C=O) groups is 2. The molecule has 2 N–H and O–H groups in total. The molecular weight excluding hydrogens is 760 g/mol. The summed E-state index contributed by atoms with van der Waals surface area (Å²) in [6, 6.07) is 15.2. The lowest BCUT2D eigenvalue weighted by atomic mass is 9.92. The van der Waals surface area contributed by atoms with Crippen molar-refractivity contribution in [2.24, 2.45) is 0 Å². The third kappa shape index (κ3) is 14.4. The number of ether oxygens (including phenoxy) is 2. The number of carbonyl (C=O) groups excluding carboxylic acids is 2.